The highest BCUT2D eigenvalue weighted by Gasteiger charge is 2.35. The van der Waals surface area contributed by atoms with Crippen molar-refractivity contribution in [3.05, 3.63) is 0 Å². The highest BCUT2D eigenvalue weighted by molar-refractivity contribution is 5.82. The standard InChI is InChI=1S/C22H38N4O3/c1-17-13-24(14-18(2)29-17)15-19-5-7-23(8-6-19)16-21(27)25-9-11-26(12-10-25)22(28)20-3-4-20/h17-20H,3-16H2,1-2H3. The monoisotopic (exact) mass is 406 g/mol. The predicted octanol–water partition coefficient (Wildman–Crippen LogP) is 0.888. The molecular weight excluding hydrogens is 368 g/mol. The molecule has 0 aromatic rings. The van der Waals surface area contributed by atoms with Crippen LogP contribution in [0, 0.1) is 11.8 Å². The molecule has 1 aliphatic carbocycles. The summed E-state index contributed by atoms with van der Waals surface area (Å²) in [7, 11) is 0. The molecule has 0 N–H and O–H groups in total. The van der Waals surface area contributed by atoms with Gasteiger partial charge in [0, 0.05) is 51.7 Å². The first-order chi connectivity index (χ1) is 14.0. The first-order valence-electron chi connectivity index (χ1n) is 11.6. The van der Waals surface area contributed by atoms with Crippen LogP contribution in [0.4, 0.5) is 0 Å². The number of rotatable bonds is 5. The van der Waals surface area contributed by atoms with E-state index >= 15 is 0 Å². The van der Waals surface area contributed by atoms with Gasteiger partial charge in [0.15, 0.2) is 0 Å². The van der Waals surface area contributed by atoms with Crippen LogP contribution in [0.5, 0.6) is 0 Å². The average Bonchev–Trinajstić information content (AvgIpc) is 3.53. The van der Waals surface area contributed by atoms with E-state index in [2.05, 4.69) is 23.6 Å². The number of carbonyl (C=O) groups excluding carboxylic acids is 2. The van der Waals surface area contributed by atoms with Gasteiger partial charge in [-0.25, -0.2) is 0 Å². The number of carbonyl (C=O) groups is 2. The maximum Gasteiger partial charge on any atom is 0.236 e. The first kappa shape index (κ1) is 21.1. The molecule has 1 saturated carbocycles. The average molecular weight is 407 g/mol. The number of amides is 2. The van der Waals surface area contributed by atoms with Gasteiger partial charge in [0.25, 0.3) is 0 Å². The van der Waals surface area contributed by atoms with Crippen molar-refractivity contribution in [1.82, 2.24) is 19.6 Å². The number of piperazine rings is 1. The number of piperidine rings is 1. The molecule has 4 fully saturated rings. The third kappa shape index (κ3) is 5.70. The Morgan fingerprint density at radius 1 is 0.793 bits per heavy atom. The fourth-order valence-electron chi connectivity index (χ4n) is 5.18. The lowest BCUT2D eigenvalue weighted by atomic mass is 9.95. The van der Waals surface area contributed by atoms with Gasteiger partial charge in [-0.05, 0) is 58.5 Å². The molecule has 29 heavy (non-hydrogen) atoms. The third-order valence-electron chi connectivity index (χ3n) is 6.95. The van der Waals surface area contributed by atoms with Gasteiger partial charge in [0.2, 0.25) is 11.8 Å². The Labute approximate surface area is 175 Å². The van der Waals surface area contributed by atoms with Crippen LogP contribution in [0.25, 0.3) is 0 Å². The zero-order valence-corrected chi connectivity index (χ0v) is 18.2. The molecule has 0 aromatic carbocycles. The summed E-state index contributed by atoms with van der Waals surface area (Å²) in [6, 6.07) is 0. The number of nitrogens with zero attached hydrogens (tertiary/aromatic N) is 4. The van der Waals surface area contributed by atoms with Crippen molar-refractivity contribution < 1.29 is 14.3 Å². The van der Waals surface area contributed by atoms with Gasteiger partial charge in [-0.1, -0.05) is 0 Å². The molecule has 7 nitrogen and oxygen atoms in total. The van der Waals surface area contributed by atoms with E-state index in [1.54, 1.807) is 0 Å². The molecule has 2 amide bonds. The van der Waals surface area contributed by atoms with E-state index < -0.39 is 0 Å². The molecule has 7 heteroatoms. The van der Waals surface area contributed by atoms with E-state index in [0.29, 0.717) is 50.8 Å². The molecular formula is C22H38N4O3. The summed E-state index contributed by atoms with van der Waals surface area (Å²) in [4.78, 5) is 33.7. The number of morpholine rings is 1. The van der Waals surface area contributed by atoms with Crippen LogP contribution in [0.15, 0.2) is 0 Å². The SMILES string of the molecule is CC1CN(CC2CCN(CC(=O)N3CCN(C(=O)C4CC4)CC3)CC2)CC(C)O1. The Hall–Kier alpha value is -1.18. The summed E-state index contributed by atoms with van der Waals surface area (Å²) < 4.78 is 5.84. The first-order valence-corrected chi connectivity index (χ1v) is 11.6. The summed E-state index contributed by atoms with van der Waals surface area (Å²) in [5.41, 5.74) is 0. The van der Waals surface area contributed by atoms with Gasteiger partial charge < -0.3 is 14.5 Å². The second kappa shape index (κ2) is 9.31. The molecule has 3 aliphatic heterocycles. The van der Waals surface area contributed by atoms with Crippen molar-refractivity contribution in [2.24, 2.45) is 11.8 Å². The fourth-order valence-corrected chi connectivity index (χ4v) is 5.18. The quantitative estimate of drug-likeness (QED) is 0.679. The molecule has 4 aliphatic rings. The summed E-state index contributed by atoms with van der Waals surface area (Å²) in [6.45, 7) is 13.0. The summed E-state index contributed by atoms with van der Waals surface area (Å²) in [5.74, 6) is 1.55. The van der Waals surface area contributed by atoms with Crippen LogP contribution < -0.4 is 0 Å². The lowest BCUT2D eigenvalue weighted by Crippen LogP contribution is -2.53. The predicted molar refractivity (Wildman–Crippen MR) is 111 cm³/mol. The van der Waals surface area contributed by atoms with Crippen molar-refractivity contribution in [3.63, 3.8) is 0 Å². The van der Waals surface area contributed by atoms with Gasteiger partial charge in [-0.3, -0.25) is 19.4 Å². The highest BCUT2D eigenvalue weighted by Crippen LogP contribution is 2.31. The fraction of sp³-hybridized carbons (Fsp3) is 0.909. The van der Waals surface area contributed by atoms with Gasteiger partial charge in [0.1, 0.15) is 0 Å². The van der Waals surface area contributed by atoms with Crippen LogP contribution in [0.2, 0.25) is 0 Å². The topological polar surface area (TPSA) is 56.3 Å². The van der Waals surface area contributed by atoms with E-state index in [1.165, 1.54) is 12.8 Å². The van der Waals surface area contributed by atoms with Gasteiger partial charge >= 0.3 is 0 Å². The summed E-state index contributed by atoms with van der Waals surface area (Å²) >= 11 is 0. The molecule has 164 valence electrons. The Bertz CT molecular complexity index is 571. The van der Waals surface area contributed by atoms with E-state index in [9.17, 15) is 9.59 Å². The molecule has 4 rings (SSSR count). The van der Waals surface area contributed by atoms with E-state index in [-0.39, 0.29) is 11.8 Å². The Morgan fingerprint density at radius 3 is 1.97 bits per heavy atom. The third-order valence-corrected chi connectivity index (χ3v) is 6.95. The van der Waals surface area contributed by atoms with E-state index in [4.69, 9.17) is 4.74 Å². The van der Waals surface area contributed by atoms with Crippen molar-refractivity contribution in [3.8, 4) is 0 Å². The maximum atomic E-state index is 12.7. The zero-order chi connectivity index (χ0) is 20.4. The van der Waals surface area contributed by atoms with Gasteiger partial charge in [-0.2, -0.15) is 0 Å². The molecule has 0 bridgehead atoms. The Balaban J connectivity index is 1.14. The molecule has 0 aromatic heterocycles. The number of likely N-dealkylation sites (tertiary alicyclic amines) is 1. The van der Waals surface area contributed by atoms with E-state index in [1.807, 2.05) is 9.80 Å². The van der Waals surface area contributed by atoms with E-state index in [0.717, 1.165) is 51.5 Å². The Kier molecular flexibility index (Phi) is 6.76. The van der Waals surface area contributed by atoms with Gasteiger partial charge in [0.05, 0.1) is 18.8 Å². The summed E-state index contributed by atoms with van der Waals surface area (Å²) in [6.07, 6.45) is 5.12. The smallest absolute Gasteiger partial charge is 0.236 e. The minimum Gasteiger partial charge on any atom is -0.373 e. The minimum absolute atomic E-state index is 0.234. The second-order valence-electron chi connectivity index (χ2n) is 9.68. The van der Waals surface area contributed by atoms with Crippen LogP contribution in [0.3, 0.4) is 0 Å². The zero-order valence-electron chi connectivity index (χ0n) is 18.2. The molecule has 0 radical (unpaired) electrons. The van der Waals surface area contributed by atoms with Crippen LogP contribution in [-0.4, -0.2) is 109 Å². The second-order valence-corrected chi connectivity index (χ2v) is 9.68. The van der Waals surface area contributed by atoms with Crippen molar-refractivity contribution in [1.29, 1.82) is 0 Å². The minimum atomic E-state index is 0.234. The van der Waals surface area contributed by atoms with Gasteiger partial charge in [-0.15, -0.1) is 0 Å². The molecule has 2 unspecified atom stereocenters. The summed E-state index contributed by atoms with van der Waals surface area (Å²) in [5, 5.41) is 0. The van der Waals surface area contributed by atoms with Crippen LogP contribution in [0.1, 0.15) is 39.5 Å². The molecule has 2 atom stereocenters. The van der Waals surface area contributed by atoms with Crippen LogP contribution in [-0.2, 0) is 14.3 Å². The normalized spacial score (nSPS) is 30.6. The number of hydrogen-bond acceptors (Lipinski definition) is 5. The van der Waals surface area contributed by atoms with Crippen molar-refractivity contribution in [2.75, 3.05) is 65.4 Å². The largest absolute Gasteiger partial charge is 0.373 e. The lowest BCUT2D eigenvalue weighted by Gasteiger charge is -2.40. The molecule has 3 saturated heterocycles. The van der Waals surface area contributed by atoms with Crippen molar-refractivity contribution in [2.45, 2.75) is 51.7 Å². The Morgan fingerprint density at radius 2 is 1.38 bits per heavy atom. The molecule has 0 spiro atoms. The molecule has 3 heterocycles. The van der Waals surface area contributed by atoms with Crippen molar-refractivity contribution >= 4 is 11.8 Å². The lowest BCUT2D eigenvalue weighted by molar-refractivity contribution is -0.141. The maximum absolute atomic E-state index is 12.7. The highest BCUT2D eigenvalue weighted by atomic mass is 16.5. The number of ether oxygens (including phenoxy) is 1. The number of hydrogen-bond donors (Lipinski definition) is 0. The van der Waals surface area contributed by atoms with Crippen LogP contribution >= 0.6 is 0 Å².